The highest BCUT2D eigenvalue weighted by molar-refractivity contribution is 6.33. The first kappa shape index (κ1) is 18.0. The first-order valence-corrected chi connectivity index (χ1v) is 9.02. The molecule has 2 unspecified atom stereocenters. The summed E-state index contributed by atoms with van der Waals surface area (Å²) in [5, 5.41) is -0.478. The SMILES string of the molecule is CCC(Cl)C(=O)c1ccc2c(c1)CC(C)N2C(=O)C(CC)CC. The molecule has 2 atom stereocenters. The van der Waals surface area contributed by atoms with Crippen molar-refractivity contribution in [2.75, 3.05) is 4.90 Å². The monoisotopic (exact) mass is 335 g/mol. The van der Waals surface area contributed by atoms with Gasteiger partial charge in [-0.2, -0.15) is 0 Å². The Balaban J connectivity index is 2.31. The fourth-order valence-electron chi connectivity index (χ4n) is 3.32. The Kier molecular flexibility index (Phi) is 5.85. The van der Waals surface area contributed by atoms with Gasteiger partial charge in [-0.15, -0.1) is 11.6 Å². The summed E-state index contributed by atoms with van der Waals surface area (Å²) in [4.78, 5) is 27.0. The molecule has 126 valence electrons. The fourth-order valence-corrected chi connectivity index (χ4v) is 3.45. The van der Waals surface area contributed by atoms with E-state index in [1.54, 1.807) is 6.07 Å². The van der Waals surface area contributed by atoms with Gasteiger partial charge < -0.3 is 4.90 Å². The van der Waals surface area contributed by atoms with Crippen molar-refractivity contribution in [2.24, 2.45) is 5.92 Å². The van der Waals surface area contributed by atoms with Crippen molar-refractivity contribution in [2.45, 2.75) is 64.8 Å². The van der Waals surface area contributed by atoms with E-state index < -0.39 is 5.38 Å². The summed E-state index contributed by atoms with van der Waals surface area (Å²) in [6.07, 6.45) is 3.12. The summed E-state index contributed by atoms with van der Waals surface area (Å²) in [5.41, 5.74) is 2.67. The molecule has 0 saturated carbocycles. The predicted octanol–water partition coefficient (Wildman–Crippen LogP) is 4.60. The Morgan fingerprint density at radius 3 is 2.43 bits per heavy atom. The van der Waals surface area contributed by atoms with Gasteiger partial charge in [-0.3, -0.25) is 9.59 Å². The molecule has 1 aliphatic heterocycles. The Morgan fingerprint density at radius 1 is 1.22 bits per heavy atom. The molecule has 0 spiro atoms. The second kappa shape index (κ2) is 7.48. The van der Waals surface area contributed by atoms with E-state index in [0.717, 1.165) is 30.5 Å². The average molecular weight is 336 g/mol. The lowest BCUT2D eigenvalue weighted by molar-refractivity contribution is -0.122. The van der Waals surface area contributed by atoms with Gasteiger partial charge in [0, 0.05) is 23.2 Å². The van der Waals surface area contributed by atoms with E-state index in [1.807, 2.05) is 24.0 Å². The lowest BCUT2D eigenvalue weighted by Crippen LogP contribution is -2.39. The predicted molar refractivity (Wildman–Crippen MR) is 95.4 cm³/mol. The van der Waals surface area contributed by atoms with Crippen LogP contribution in [0.1, 0.15) is 62.9 Å². The number of carbonyl (C=O) groups excluding carboxylic acids is 2. The molecule has 1 heterocycles. The van der Waals surface area contributed by atoms with E-state index in [4.69, 9.17) is 11.6 Å². The van der Waals surface area contributed by atoms with Crippen molar-refractivity contribution < 1.29 is 9.59 Å². The van der Waals surface area contributed by atoms with Crippen LogP contribution in [0.2, 0.25) is 0 Å². The number of hydrogen-bond donors (Lipinski definition) is 0. The number of anilines is 1. The van der Waals surface area contributed by atoms with Gasteiger partial charge in [0.05, 0.1) is 5.38 Å². The summed E-state index contributed by atoms with van der Waals surface area (Å²) in [6, 6.07) is 5.77. The van der Waals surface area contributed by atoms with Crippen molar-refractivity contribution >= 4 is 29.0 Å². The zero-order valence-electron chi connectivity index (χ0n) is 14.4. The quantitative estimate of drug-likeness (QED) is 0.562. The van der Waals surface area contributed by atoms with Crippen molar-refractivity contribution in [1.82, 2.24) is 0 Å². The van der Waals surface area contributed by atoms with Crippen LogP contribution in [0.4, 0.5) is 5.69 Å². The van der Waals surface area contributed by atoms with Crippen LogP contribution >= 0.6 is 11.6 Å². The molecule has 0 saturated heterocycles. The Hall–Kier alpha value is -1.35. The highest BCUT2D eigenvalue weighted by atomic mass is 35.5. The summed E-state index contributed by atoms with van der Waals surface area (Å²) in [6.45, 7) is 8.08. The third-order valence-corrected chi connectivity index (χ3v) is 5.30. The second-order valence-corrected chi connectivity index (χ2v) is 6.89. The highest BCUT2D eigenvalue weighted by Gasteiger charge is 2.34. The van der Waals surface area contributed by atoms with E-state index in [-0.39, 0.29) is 23.7 Å². The number of ketones is 1. The Morgan fingerprint density at radius 2 is 1.87 bits per heavy atom. The van der Waals surface area contributed by atoms with Crippen LogP contribution in [0.15, 0.2) is 18.2 Å². The molecule has 2 rings (SSSR count). The lowest BCUT2D eigenvalue weighted by atomic mass is 10.0. The number of carbonyl (C=O) groups is 2. The van der Waals surface area contributed by atoms with Gasteiger partial charge in [0.25, 0.3) is 0 Å². The average Bonchev–Trinajstić information content (AvgIpc) is 2.89. The molecule has 0 fully saturated rings. The van der Waals surface area contributed by atoms with Gasteiger partial charge >= 0.3 is 0 Å². The number of amides is 1. The minimum atomic E-state index is -0.478. The van der Waals surface area contributed by atoms with Gasteiger partial charge in [-0.1, -0.05) is 20.8 Å². The molecule has 0 N–H and O–H groups in total. The maximum atomic E-state index is 12.8. The molecule has 3 nitrogen and oxygen atoms in total. The summed E-state index contributed by atoms with van der Waals surface area (Å²) in [7, 11) is 0. The molecule has 1 aliphatic rings. The van der Waals surface area contributed by atoms with Crippen molar-refractivity contribution in [3.05, 3.63) is 29.3 Å². The molecular weight excluding hydrogens is 310 g/mol. The van der Waals surface area contributed by atoms with E-state index in [9.17, 15) is 9.59 Å². The molecule has 0 aromatic heterocycles. The van der Waals surface area contributed by atoms with E-state index in [1.165, 1.54) is 0 Å². The van der Waals surface area contributed by atoms with Crippen LogP contribution in [0, 0.1) is 5.92 Å². The van der Waals surface area contributed by atoms with Gasteiger partial charge in [-0.25, -0.2) is 0 Å². The molecule has 4 heteroatoms. The maximum Gasteiger partial charge on any atom is 0.230 e. The first-order valence-electron chi connectivity index (χ1n) is 8.58. The summed E-state index contributed by atoms with van der Waals surface area (Å²) < 4.78 is 0. The normalized spacial score (nSPS) is 18.2. The molecule has 0 aliphatic carbocycles. The Bertz CT molecular complexity index is 595. The van der Waals surface area contributed by atoms with Crippen LogP contribution in [-0.2, 0) is 11.2 Å². The van der Waals surface area contributed by atoms with Gasteiger partial charge in [0.2, 0.25) is 5.91 Å². The van der Waals surface area contributed by atoms with E-state index in [2.05, 4.69) is 20.8 Å². The van der Waals surface area contributed by atoms with Crippen LogP contribution in [-0.4, -0.2) is 23.1 Å². The van der Waals surface area contributed by atoms with Crippen LogP contribution in [0.3, 0.4) is 0 Å². The van der Waals surface area contributed by atoms with Gasteiger partial charge in [-0.05, 0) is 56.4 Å². The largest absolute Gasteiger partial charge is 0.309 e. The number of nitrogens with zero attached hydrogens (tertiary/aromatic N) is 1. The second-order valence-electron chi connectivity index (χ2n) is 6.36. The number of alkyl halides is 1. The third-order valence-electron chi connectivity index (χ3n) is 4.79. The topological polar surface area (TPSA) is 37.4 Å². The van der Waals surface area contributed by atoms with E-state index in [0.29, 0.717) is 12.0 Å². The zero-order chi connectivity index (χ0) is 17.1. The van der Waals surface area contributed by atoms with Crippen molar-refractivity contribution in [3.8, 4) is 0 Å². The smallest absolute Gasteiger partial charge is 0.230 e. The van der Waals surface area contributed by atoms with Gasteiger partial charge in [0.15, 0.2) is 5.78 Å². The molecule has 0 bridgehead atoms. The maximum absolute atomic E-state index is 12.8. The molecule has 1 aromatic carbocycles. The number of fused-ring (bicyclic) bond motifs is 1. The van der Waals surface area contributed by atoms with Crippen LogP contribution in [0.5, 0.6) is 0 Å². The van der Waals surface area contributed by atoms with Crippen molar-refractivity contribution in [1.29, 1.82) is 0 Å². The minimum Gasteiger partial charge on any atom is -0.309 e. The van der Waals surface area contributed by atoms with Crippen LogP contribution < -0.4 is 4.90 Å². The fraction of sp³-hybridized carbons (Fsp3) is 0.579. The van der Waals surface area contributed by atoms with Gasteiger partial charge in [0.1, 0.15) is 0 Å². The minimum absolute atomic E-state index is 0.0330. The third kappa shape index (κ3) is 3.45. The molecule has 1 amide bonds. The van der Waals surface area contributed by atoms with Crippen LogP contribution in [0.25, 0.3) is 0 Å². The number of hydrogen-bond acceptors (Lipinski definition) is 2. The molecule has 0 radical (unpaired) electrons. The Labute approximate surface area is 144 Å². The highest BCUT2D eigenvalue weighted by Crippen LogP contribution is 2.35. The molecule has 1 aromatic rings. The number of rotatable bonds is 6. The summed E-state index contributed by atoms with van der Waals surface area (Å²) in [5.74, 6) is 0.232. The molecular formula is C19H26ClNO2. The number of halogens is 1. The number of benzene rings is 1. The van der Waals surface area contributed by atoms with Crippen molar-refractivity contribution in [3.63, 3.8) is 0 Å². The van der Waals surface area contributed by atoms with E-state index >= 15 is 0 Å². The number of Topliss-reactive ketones (excluding diaryl/α,β-unsaturated/α-hetero) is 1. The standard InChI is InChI=1S/C19H26ClNO2/c1-5-13(6-2)19(23)21-12(4)10-15-11-14(8-9-17(15)21)18(22)16(20)7-3/h8-9,11-13,16H,5-7,10H2,1-4H3. The first-order chi connectivity index (χ1) is 10.9. The molecule has 23 heavy (non-hydrogen) atoms. The lowest BCUT2D eigenvalue weighted by Gasteiger charge is -2.26. The summed E-state index contributed by atoms with van der Waals surface area (Å²) >= 11 is 6.07. The zero-order valence-corrected chi connectivity index (χ0v) is 15.2.